The number of H-pyrrole nitrogens is 1. The molecule has 1 saturated heterocycles. The number of rotatable bonds is 3. The minimum Gasteiger partial charge on any atom is -0.463 e. The Morgan fingerprint density at radius 1 is 1.65 bits per heavy atom. The van der Waals surface area contributed by atoms with E-state index < -0.39 is 5.54 Å². The molecule has 0 saturated carbocycles. The van der Waals surface area contributed by atoms with Crippen LogP contribution in [0, 0.1) is 11.3 Å². The summed E-state index contributed by atoms with van der Waals surface area (Å²) >= 11 is 1.67. The lowest BCUT2D eigenvalue weighted by Crippen LogP contribution is -2.47. The number of hydrogen-bond acceptors (Lipinski definition) is 5. The van der Waals surface area contributed by atoms with Crippen LogP contribution in [-0.4, -0.2) is 33.1 Å². The van der Waals surface area contributed by atoms with E-state index in [4.69, 9.17) is 4.42 Å². The fourth-order valence-corrected chi connectivity index (χ4v) is 3.32. The highest BCUT2D eigenvalue weighted by Gasteiger charge is 2.36. The Morgan fingerprint density at radius 2 is 2.55 bits per heavy atom. The molecule has 2 aromatic heterocycles. The van der Waals surface area contributed by atoms with Crippen LogP contribution in [0.15, 0.2) is 28.9 Å². The van der Waals surface area contributed by atoms with Gasteiger partial charge in [0.1, 0.15) is 11.2 Å². The molecule has 0 aliphatic carbocycles. The highest BCUT2D eigenvalue weighted by Crippen LogP contribution is 2.27. The van der Waals surface area contributed by atoms with Crippen LogP contribution in [0.4, 0.5) is 0 Å². The Kier molecular flexibility index (Phi) is 3.24. The second-order valence-electron chi connectivity index (χ2n) is 4.59. The van der Waals surface area contributed by atoms with E-state index in [0.717, 1.165) is 5.75 Å². The minimum absolute atomic E-state index is 0.253. The molecular weight excluding hydrogens is 276 g/mol. The average Bonchev–Trinajstić information content (AvgIpc) is 3.19. The molecule has 3 heterocycles. The minimum atomic E-state index is -0.772. The van der Waals surface area contributed by atoms with Crippen LogP contribution in [0.2, 0.25) is 0 Å². The summed E-state index contributed by atoms with van der Waals surface area (Å²) in [6.45, 7) is 0. The zero-order chi connectivity index (χ0) is 14.0. The van der Waals surface area contributed by atoms with Gasteiger partial charge in [-0.25, -0.2) is 0 Å². The lowest BCUT2D eigenvalue weighted by Gasteiger charge is -2.20. The second kappa shape index (κ2) is 5.06. The van der Waals surface area contributed by atoms with Crippen LogP contribution in [0.3, 0.4) is 0 Å². The maximum Gasteiger partial charge on any atom is 0.273 e. The first-order valence-electron chi connectivity index (χ1n) is 6.13. The number of thioether (sulfide) groups is 1. The Balaban J connectivity index is 1.77. The van der Waals surface area contributed by atoms with Gasteiger partial charge in [-0.1, -0.05) is 0 Å². The topological polar surface area (TPSA) is 94.7 Å². The predicted octanol–water partition coefficient (Wildman–Crippen LogP) is 1.80. The van der Waals surface area contributed by atoms with Crippen LogP contribution >= 0.6 is 11.8 Å². The molecule has 7 heteroatoms. The number of furan rings is 1. The number of nitrogens with zero attached hydrogens (tertiary/aromatic N) is 2. The first kappa shape index (κ1) is 12.8. The Bertz CT molecular complexity index is 650. The summed E-state index contributed by atoms with van der Waals surface area (Å²) < 4.78 is 5.23. The van der Waals surface area contributed by atoms with Crippen molar-refractivity contribution in [1.29, 1.82) is 5.26 Å². The third-order valence-electron chi connectivity index (χ3n) is 3.19. The Labute approximate surface area is 119 Å². The molecule has 1 aliphatic rings. The summed E-state index contributed by atoms with van der Waals surface area (Å²) in [6, 6.07) is 7.35. The molecule has 1 fully saturated rings. The molecule has 0 spiro atoms. The zero-order valence-corrected chi connectivity index (χ0v) is 11.4. The normalized spacial score (nSPS) is 21.6. The van der Waals surface area contributed by atoms with Crippen molar-refractivity contribution in [3.05, 3.63) is 30.2 Å². The maximum absolute atomic E-state index is 12.2. The number of aromatic amines is 1. The highest BCUT2D eigenvalue weighted by molar-refractivity contribution is 7.99. The SMILES string of the molecule is N#CC1(NC(=O)c2cc(-c3ccco3)[nH]n2)CCSC1. The summed E-state index contributed by atoms with van der Waals surface area (Å²) in [5.41, 5.74) is 0.112. The van der Waals surface area contributed by atoms with Crippen LogP contribution in [0.1, 0.15) is 16.9 Å². The summed E-state index contributed by atoms with van der Waals surface area (Å²) in [7, 11) is 0. The van der Waals surface area contributed by atoms with Gasteiger partial charge in [-0.15, -0.1) is 0 Å². The van der Waals surface area contributed by atoms with Crippen molar-refractivity contribution in [3.63, 3.8) is 0 Å². The number of aromatic nitrogens is 2. The standard InChI is InChI=1S/C13H12N4O2S/c14-7-13(3-5-20-8-13)15-12(18)10-6-9(16-17-10)11-2-1-4-19-11/h1-2,4,6H,3,5,8H2,(H,15,18)(H,16,17). The van der Waals surface area contributed by atoms with Gasteiger partial charge in [0.05, 0.1) is 12.3 Å². The van der Waals surface area contributed by atoms with Gasteiger partial charge in [0, 0.05) is 11.8 Å². The van der Waals surface area contributed by atoms with E-state index in [-0.39, 0.29) is 11.6 Å². The molecule has 0 bridgehead atoms. The van der Waals surface area contributed by atoms with Crippen molar-refractivity contribution in [2.75, 3.05) is 11.5 Å². The van der Waals surface area contributed by atoms with Crippen molar-refractivity contribution >= 4 is 17.7 Å². The average molecular weight is 288 g/mol. The van der Waals surface area contributed by atoms with E-state index in [1.165, 1.54) is 0 Å². The zero-order valence-electron chi connectivity index (χ0n) is 10.5. The second-order valence-corrected chi connectivity index (χ2v) is 5.70. The van der Waals surface area contributed by atoms with Gasteiger partial charge in [0.15, 0.2) is 11.5 Å². The third-order valence-corrected chi connectivity index (χ3v) is 4.38. The van der Waals surface area contributed by atoms with E-state index in [9.17, 15) is 10.1 Å². The van der Waals surface area contributed by atoms with Crippen LogP contribution in [0.5, 0.6) is 0 Å². The van der Waals surface area contributed by atoms with Crippen molar-refractivity contribution in [1.82, 2.24) is 15.5 Å². The first-order chi connectivity index (χ1) is 9.72. The molecular formula is C13H12N4O2S. The van der Waals surface area contributed by atoms with Gasteiger partial charge in [0.25, 0.3) is 5.91 Å². The van der Waals surface area contributed by atoms with E-state index >= 15 is 0 Å². The summed E-state index contributed by atoms with van der Waals surface area (Å²) in [5, 5.41) is 18.7. The summed E-state index contributed by atoms with van der Waals surface area (Å²) in [6.07, 6.45) is 2.21. The van der Waals surface area contributed by atoms with E-state index in [2.05, 4.69) is 21.6 Å². The molecule has 0 radical (unpaired) electrons. The van der Waals surface area contributed by atoms with Gasteiger partial charge in [0.2, 0.25) is 0 Å². The highest BCUT2D eigenvalue weighted by atomic mass is 32.2. The molecule has 20 heavy (non-hydrogen) atoms. The Morgan fingerprint density at radius 3 is 3.20 bits per heavy atom. The van der Waals surface area contributed by atoms with Crippen molar-refractivity contribution < 1.29 is 9.21 Å². The molecule has 1 amide bonds. The number of amides is 1. The van der Waals surface area contributed by atoms with Gasteiger partial charge in [-0.3, -0.25) is 9.89 Å². The van der Waals surface area contributed by atoms with Crippen molar-refractivity contribution in [2.45, 2.75) is 12.0 Å². The van der Waals surface area contributed by atoms with Crippen LogP contribution in [0.25, 0.3) is 11.5 Å². The van der Waals surface area contributed by atoms with E-state index in [1.807, 2.05) is 0 Å². The summed E-state index contributed by atoms with van der Waals surface area (Å²) in [4.78, 5) is 12.2. The number of carbonyl (C=O) groups excluding carboxylic acids is 1. The fraction of sp³-hybridized carbons (Fsp3) is 0.308. The smallest absolute Gasteiger partial charge is 0.273 e. The van der Waals surface area contributed by atoms with Crippen LogP contribution in [-0.2, 0) is 0 Å². The molecule has 2 N–H and O–H groups in total. The molecule has 1 atom stereocenters. The van der Waals surface area contributed by atoms with Gasteiger partial charge < -0.3 is 9.73 Å². The molecule has 6 nitrogen and oxygen atoms in total. The van der Waals surface area contributed by atoms with Gasteiger partial charge >= 0.3 is 0 Å². The molecule has 1 unspecified atom stereocenters. The molecule has 1 aliphatic heterocycles. The van der Waals surface area contributed by atoms with Gasteiger partial charge in [-0.05, 0) is 24.3 Å². The molecule has 2 aromatic rings. The lowest BCUT2D eigenvalue weighted by atomic mass is 10.0. The monoisotopic (exact) mass is 288 g/mol. The molecule has 0 aromatic carbocycles. The van der Waals surface area contributed by atoms with Gasteiger partial charge in [-0.2, -0.15) is 22.1 Å². The van der Waals surface area contributed by atoms with Crippen LogP contribution < -0.4 is 5.32 Å². The van der Waals surface area contributed by atoms with Crippen molar-refractivity contribution in [2.24, 2.45) is 0 Å². The van der Waals surface area contributed by atoms with E-state index in [0.29, 0.717) is 23.6 Å². The predicted molar refractivity (Wildman–Crippen MR) is 74.0 cm³/mol. The first-order valence-corrected chi connectivity index (χ1v) is 7.29. The van der Waals surface area contributed by atoms with Crippen molar-refractivity contribution in [3.8, 4) is 17.5 Å². The number of hydrogen-bond donors (Lipinski definition) is 2. The largest absolute Gasteiger partial charge is 0.463 e. The lowest BCUT2D eigenvalue weighted by molar-refractivity contribution is 0.0921. The quantitative estimate of drug-likeness (QED) is 0.898. The summed E-state index contributed by atoms with van der Waals surface area (Å²) in [5.74, 6) is 1.77. The third kappa shape index (κ3) is 2.30. The molecule has 102 valence electrons. The molecule has 3 rings (SSSR count). The van der Waals surface area contributed by atoms with E-state index in [1.54, 1.807) is 36.2 Å². The number of nitriles is 1. The fourth-order valence-electron chi connectivity index (χ4n) is 2.06. The Hall–Kier alpha value is -2.20. The maximum atomic E-state index is 12.2. The number of carbonyl (C=O) groups is 1. The number of nitrogens with one attached hydrogen (secondary N) is 2.